The van der Waals surface area contributed by atoms with Crippen molar-refractivity contribution in [3.05, 3.63) is 58.9 Å². The first-order valence-corrected chi connectivity index (χ1v) is 10.4. The van der Waals surface area contributed by atoms with E-state index in [1.54, 1.807) is 6.92 Å². The van der Waals surface area contributed by atoms with Crippen molar-refractivity contribution in [3.63, 3.8) is 0 Å². The zero-order valence-electron chi connectivity index (χ0n) is 15.5. The highest BCUT2D eigenvalue weighted by Crippen LogP contribution is 2.28. The fourth-order valence-corrected chi connectivity index (χ4v) is 5.04. The quantitative estimate of drug-likeness (QED) is 0.820. The lowest BCUT2D eigenvalue weighted by Gasteiger charge is -2.37. The highest BCUT2D eigenvalue weighted by molar-refractivity contribution is 7.89. The van der Waals surface area contributed by atoms with Crippen molar-refractivity contribution in [2.75, 3.05) is 31.1 Å². The van der Waals surface area contributed by atoms with Gasteiger partial charge in [0.05, 0.1) is 4.90 Å². The maximum atomic E-state index is 13.5. The van der Waals surface area contributed by atoms with Gasteiger partial charge in [0.1, 0.15) is 5.82 Å². The highest BCUT2D eigenvalue weighted by atomic mass is 32.2. The zero-order chi connectivity index (χ0) is 18.9. The summed E-state index contributed by atoms with van der Waals surface area (Å²) in [5.41, 5.74) is 4.08. The Balaban J connectivity index is 1.79. The van der Waals surface area contributed by atoms with Crippen molar-refractivity contribution < 1.29 is 12.8 Å². The lowest BCUT2D eigenvalue weighted by atomic mass is 10.0. The van der Waals surface area contributed by atoms with E-state index in [9.17, 15) is 12.8 Å². The molecule has 0 aromatic heterocycles. The van der Waals surface area contributed by atoms with E-state index in [4.69, 9.17) is 0 Å². The molecule has 1 aliphatic rings. The monoisotopic (exact) mass is 376 g/mol. The van der Waals surface area contributed by atoms with Crippen molar-refractivity contribution >= 4 is 15.7 Å². The summed E-state index contributed by atoms with van der Waals surface area (Å²) in [6.07, 6.45) is 0.949. The van der Waals surface area contributed by atoms with E-state index in [-0.39, 0.29) is 10.7 Å². The van der Waals surface area contributed by atoms with Crippen molar-refractivity contribution in [3.8, 4) is 0 Å². The average Bonchev–Trinajstić information content (AvgIpc) is 2.63. The van der Waals surface area contributed by atoms with Crippen LogP contribution in [-0.2, 0) is 16.4 Å². The highest BCUT2D eigenvalue weighted by Gasteiger charge is 2.29. The van der Waals surface area contributed by atoms with Gasteiger partial charge < -0.3 is 4.90 Å². The molecule has 0 saturated carbocycles. The molecule has 1 saturated heterocycles. The number of rotatable bonds is 4. The van der Waals surface area contributed by atoms with Crippen molar-refractivity contribution in [1.82, 2.24) is 4.31 Å². The summed E-state index contributed by atoms with van der Waals surface area (Å²) in [5.74, 6) is -0.389. The number of anilines is 1. The van der Waals surface area contributed by atoms with Crippen LogP contribution in [0.5, 0.6) is 0 Å². The number of nitrogens with zero attached hydrogens (tertiary/aromatic N) is 2. The van der Waals surface area contributed by atoms with Crippen LogP contribution in [0.2, 0.25) is 0 Å². The molecular weight excluding hydrogens is 351 g/mol. The third kappa shape index (κ3) is 3.48. The van der Waals surface area contributed by atoms with Crippen LogP contribution < -0.4 is 4.90 Å². The molecule has 1 fully saturated rings. The second-order valence-electron chi connectivity index (χ2n) is 6.74. The van der Waals surface area contributed by atoms with E-state index >= 15 is 0 Å². The third-order valence-electron chi connectivity index (χ3n) is 5.02. The minimum Gasteiger partial charge on any atom is -0.368 e. The Morgan fingerprint density at radius 2 is 1.69 bits per heavy atom. The third-order valence-corrected chi connectivity index (χ3v) is 6.92. The molecule has 2 aromatic carbocycles. The number of sulfonamides is 1. The molecule has 1 aliphatic heterocycles. The molecule has 0 N–H and O–H groups in total. The van der Waals surface area contributed by atoms with E-state index in [2.05, 4.69) is 36.9 Å². The Labute approximate surface area is 155 Å². The summed E-state index contributed by atoms with van der Waals surface area (Å²) < 4.78 is 40.7. The Bertz CT molecular complexity index is 904. The summed E-state index contributed by atoms with van der Waals surface area (Å²) >= 11 is 0. The number of halogens is 1. The normalized spacial score (nSPS) is 16.1. The van der Waals surface area contributed by atoms with Gasteiger partial charge in [0.15, 0.2) is 0 Å². The van der Waals surface area contributed by atoms with Crippen molar-refractivity contribution in [2.24, 2.45) is 0 Å². The van der Waals surface area contributed by atoms with Crippen molar-refractivity contribution in [1.29, 1.82) is 0 Å². The molecule has 0 atom stereocenters. The molecule has 0 spiro atoms. The number of aryl methyl sites for hydroxylation is 3. The first-order chi connectivity index (χ1) is 12.3. The second kappa shape index (κ2) is 7.37. The number of benzene rings is 2. The van der Waals surface area contributed by atoms with Gasteiger partial charge >= 0.3 is 0 Å². The van der Waals surface area contributed by atoms with Gasteiger partial charge in [-0.2, -0.15) is 4.31 Å². The van der Waals surface area contributed by atoms with Crippen LogP contribution in [0.1, 0.15) is 23.6 Å². The molecule has 140 valence electrons. The molecule has 2 aromatic rings. The molecule has 6 heteroatoms. The lowest BCUT2D eigenvalue weighted by Crippen LogP contribution is -2.49. The fraction of sp³-hybridized carbons (Fsp3) is 0.400. The molecule has 0 radical (unpaired) electrons. The van der Waals surface area contributed by atoms with Gasteiger partial charge in [-0.1, -0.05) is 25.1 Å². The average molecular weight is 376 g/mol. The summed E-state index contributed by atoms with van der Waals surface area (Å²) in [4.78, 5) is 2.44. The maximum absolute atomic E-state index is 13.5. The minimum absolute atomic E-state index is 0.162. The van der Waals surface area contributed by atoms with Gasteiger partial charge in [0.2, 0.25) is 10.0 Å². The summed E-state index contributed by atoms with van der Waals surface area (Å²) in [7, 11) is -3.59. The zero-order valence-corrected chi connectivity index (χ0v) is 16.3. The van der Waals surface area contributed by atoms with Gasteiger partial charge in [-0.05, 0) is 55.2 Å². The van der Waals surface area contributed by atoms with E-state index in [0.717, 1.165) is 6.42 Å². The van der Waals surface area contributed by atoms with Crippen LogP contribution in [0.3, 0.4) is 0 Å². The Kier molecular flexibility index (Phi) is 5.34. The molecular formula is C20H25FN2O2S. The smallest absolute Gasteiger partial charge is 0.243 e. The molecule has 1 heterocycles. The van der Waals surface area contributed by atoms with Gasteiger partial charge in [-0.15, -0.1) is 0 Å². The summed E-state index contributed by atoms with van der Waals surface area (Å²) in [6.45, 7) is 7.96. The van der Waals surface area contributed by atoms with Crippen LogP contribution in [0.25, 0.3) is 0 Å². The molecule has 4 nitrogen and oxygen atoms in total. The fourth-order valence-electron chi connectivity index (χ4n) is 3.54. The van der Waals surface area contributed by atoms with Gasteiger partial charge in [0, 0.05) is 31.9 Å². The molecule has 0 amide bonds. The first kappa shape index (κ1) is 18.9. The predicted octanol–water partition coefficient (Wildman–Crippen LogP) is 3.52. The van der Waals surface area contributed by atoms with Gasteiger partial charge in [-0.25, -0.2) is 12.8 Å². The first-order valence-electron chi connectivity index (χ1n) is 8.94. The molecule has 26 heavy (non-hydrogen) atoms. The van der Waals surface area contributed by atoms with E-state index in [1.165, 1.54) is 39.3 Å². The van der Waals surface area contributed by atoms with Crippen molar-refractivity contribution in [2.45, 2.75) is 32.1 Å². The number of hydrogen-bond acceptors (Lipinski definition) is 3. The Morgan fingerprint density at radius 3 is 2.31 bits per heavy atom. The Morgan fingerprint density at radius 1 is 1.00 bits per heavy atom. The lowest BCUT2D eigenvalue weighted by molar-refractivity contribution is 0.384. The van der Waals surface area contributed by atoms with E-state index in [0.29, 0.717) is 31.7 Å². The number of piperazine rings is 1. The maximum Gasteiger partial charge on any atom is 0.243 e. The topological polar surface area (TPSA) is 40.6 Å². The molecule has 0 bridgehead atoms. The van der Waals surface area contributed by atoms with Gasteiger partial charge in [-0.3, -0.25) is 0 Å². The van der Waals surface area contributed by atoms with Crippen LogP contribution >= 0.6 is 0 Å². The second-order valence-corrected chi connectivity index (χ2v) is 8.68. The Hall–Kier alpha value is -1.92. The summed E-state index contributed by atoms with van der Waals surface area (Å²) in [6, 6.07) is 10.3. The molecule has 0 unspecified atom stereocenters. The van der Waals surface area contributed by atoms with Crippen LogP contribution in [0.15, 0.2) is 41.3 Å². The van der Waals surface area contributed by atoms with E-state index in [1.807, 2.05) is 0 Å². The van der Waals surface area contributed by atoms with E-state index < -0.39 is 10.0 Å². The largest absolute Gasteiger partial charge is 0.368 e. The van der Waals surface area contributed by atoms with Gasteiger partial charge in [0.25, 0.3) is 0 Å². The summed E-state index contributed by atoms with van der Waals surface area (Å²) in [5, 5.41) is 0. The number of hydrogen-bond donors (Lipinski definition) is 0. The predicted molar refractivity (Wildman–Crippen MR) is 103 cm³/mol. The van der Waals surface area contributed by atoms with Crippen LogP contribution in [0, 0.1) is 19.7 Å². The van der Waals surface area contributed by atoms with Crippen LogP contribution in [-0.4, -0.2) is 38.9 Å². The number of para-hydroxylation sites is 1. The standard InChI is InChI=1S/C20H25FN2O2S/c1-4-17-7-5-6-15(2)20(17)22-10-12-23(13-11-22)26(24,25)18-8-9-19(21)16(3)14-18/h5-9,14H,4,10-13H2,1-3H3. The SMILES string of the molecule is CCc1cccc(C)c1N1CCN(S(=O)(=O)c2ccc(F)c(C)c2)CC1. The minimum atomic E-state index is -3.59. The molecule has 0 aliphatic carbocycles. The van der Waals surface area contributed by atoms with Crippen LogP contribution in [0.4, 0.5) is 10.1 Å². The molecule has 3 rings (SSSR count).